The van der Waals surface area contributed by atoms with E-state index in [2.05, 4.69) is 10.3 Å². The number of aromatic nitrogens is 1. The maximum absolute atomic E-state index is 5.86. The van der Waals surface area contributed by atoms with Gasteiger partial charge < -0.3 is 10.1 Å². The first-order valence-electron chi connectivity index (χ1n) is 4.29. The Kier molecular flexibility index (Phi) is 2.27. The number of pyridine rings is 1. The highest BCUT2D eigenvalue weighted by Gasteiger charge is 2.24. The molecule has 0 atom stereocenters. The molecule has 1 saturated carbocycles. The fourth-order valence-corrected chi connectivity index (χ4v) is 1.16. The fraction of sp³-hybridized carbons (Fsp3) is 0.444. The summed E-state index contributed by atoms with van der Waals surface area (Å²) >= 11 is 5.86. The first kappa shape index (κ1) is 8.63. The molecule has 0 aromatic carbocycles. The van der Waals surface area contributed by atoms with Crippen molar-refractivity contribution in [2.45, 2.75) is 18.9 Å². The fourth-order valence-electron chi connectivity index (χ4n) is 1.01. The van der Waals surface area contributed by atoms with E-state index in [0.29, 0.717) is 17.0 Å². The molecular formula is C9H11ClN2O. The molecule has 1 aliphatic carbocycles. The van der Waals surface area contributed by atoms with Gasteiger partial charge in [0.2, 0.25) is 0 Å². The Morgan fingerprint density at radius 2 is 2.38 bits per heavy atom. The van der Waals surface area contributed by atoms with E-state index in [1.807, 2.05) is 13.1 Å². The summed E-state index contributed by atoms with van der Waals surface area (Å²) in [7, 11) is 1.84. The summed E-state index contributed by atoms with van der Waals surface area (Å²) < 4.78 is 5.56. The van der Waals surface area contributed by atoms with E-state index in [0.717, 1.165) is 18.5 Å². The Bertz CT molecular complexity index is 312. The van der Waals surface area contributed by atoms with Crippen LogP contribution < -0.4 is 10.1 Å². The molecule has 0 unspecified atom stereocenters. The zero-order valence-electron chi connectivity index (χ0n) is 7.38. The van der Waals surface area contributed by atoms with E-state index in [4.69, 9.17) is 16.3 Å². The predicted octanol–water partition coefficient (Wildman–Crippen LogP) is 2.32. The van der Waals surface area contributed by atoms with Crippen LogP contribution in [0.15, 0.2) is 12.3 Å². The molecule has 4 heteroatoms. The number of hydrogen-bond acceptors (Lipinski definition) is 3. The van der Waals surface area contributed by atoms with Crippen LogP contribution in [-0.2, 0) is 0 Å². The third-order valence-electron chi connectivity index (χ3n) is 1.91. The second-order valence-corrected chi connectivity index (χ2v) is 3.44. The lowest BCUT2D eigenvalue weighted by molar-refractivity contribution is 0.302. The van der Waals surface area contributed by atoms with E-state index in [-0.39, 0.29) is 0 Å². The van der Waals surface area contributed by atoms with E-state index < -0.39 is 0 Å². The van der Waals surface area contributed by atoms with Crippen molar-refractivity contribution in [2.75, 3.05) is 12.4 Å². The molecule has 13 heavy (non-hydrogen) atoms. The molecule has 0 bridgehead atoms. The largest absolute Gasteiger partial charge is 0.487 e. The molecule has 1 N–H and O–H groups in total. The zero-order valence-corrected chi connectivity index (χ0v) is 8.14. The molecule has 1 aliphatic rings. The van der Waals surface area contributed by atoms with Gasteiger partial charge in [0.1, 0.15) is 0 Å². The number of rotatable bonds is 3. The lowest BCUT2D eigenvalue weighted by atomic mass is 10.4. The van der Waals surface area contributed by atoms with Crippen LogP contribution in [0, 0.1) is 0 Å². The molecule has 0 saturated heterocycles. The lowest BCUT2D eigenvalue weighted by Crippen LogP contribution is -1.99. The molecule has 0 radical (unpaired) electrons. The van der Waals surface area contributed by atoms with Crippen LogP contribution in [0.4, 0.5) is 5.69 Å². The number of anilines is 1. The van der Waals surface area contributed by atoms with Crippen LogP contribution >= 0.6 is 11.6 Å². The first-order valence-corrected chi connectivity index (χ1v) is 4.67. The summed E-state index contributed by atoms with van der Waals surface area (Å²) in [5, 5.41) is 3.42. The summed E-state index contributed by atoms with van der Waals surface area (Å²) in [4.78, 5) is 4.01. The molecular weight excluding hydrogens is 188 g/mol. The third-order valence-corrected chi connectivity index (χ3v) is 2.20. The standard InChI is InChI=1S/C9H11ClN2O/c1-11-6-4-8(9(10)12-5-6)13-7-2-3-7/h4-5,7,11H,2-3H2,1H3. The van der Waals surface area contributed by atoms with Crippen molar-refractivity contribution >= 4 is 17.3 Å². The van der Waals surface area contributed by atoms with Gasteiger partial charge >= 0.3 is 0 Å². The van der Waals surface area contributed by atoms with Gasteiger partial charge in [-0.3, -0.25) is 0 Å². The van der Waals surface area contributed by atoms with Gasteiger partial charge in [-0.1, -0.05) is 11.6 Å². The van der Waals surface area contributed by atoms with Crippen LogP contribution in [-0.4, -0.2) is 18.1 Å². The van der Waals surface area contributed by atoms with E-state index in [1.165, 1.54) is 0 Å². The highest BCUT2D eigenvalue weighted by molar-refractivity contribution is 6.30. The molecule has 2 rings (SSSR count). The van der Waals surface area contributed by atoms with Crippen LogP contribution in [0.5, 0.6) is 5.75 Å². The highest BCUT2D eigenvalue weighted by atomic mass is 35.5. The minimum atomic E-state index is 0.353. The molecule has 3 nitrogen and oxygen atoms in total. The van der Waals surface area contributed by atoms with Gasteiger partial charge in [-0.15, -0.1) is 0 Å². The Labute approximate surface area is 82.1 Å². The SMILES string of the molecule is CNc1cnc(Cl)c(OC2CC2)c1. The minimum absolute atomic E-state index is 0.353. The maximum Gasteiger partial charge on any atom is 0.171 e. The van der Waals surface area contributed by atoms with E-state index >= 15 is 0 Å². The Morgan fingerprint density at radius 3 is 3.00 bits per heavy atom. The molecule has 0 spiro atoms. The molecule has 1 fully saturated rings. The Hall–Kier alpha value is -0.960. The van der Waals surface area contributed by atoms with Gasteiger partial charge in [0.25, 0.3) is 0 Å². The first-order chi connectivity index (χ1) is 6.29. The van der Waals surface area contributed by atoms with Crippen molar-refractivity contribution in [3.63, 3.8) is 0 Å². The molecule has 0 aliphatic heterocycles. The Morgan fingerprint density at radius 1 is 1.62 bits per heavy atom. The quantitative estimate of drug-likeness (QED) is 0.757. The average molecular weight is 199 g/mol. The van der Waals surface area contributed by atoms with Gasteiger partial charge in [0, 0.05) is 13.1 Å². The summed E-state index contributed by atoms with van der Waals surface area (Å²) in [5.41, 5.74) is 0.917. The number of nitrogens with one attached hydrogen (secondary N) is 1. The summed E-state index contributed by atoms with van der Waals surface area (Å²) in [6.07, 6.45) is 4.29. The topological polar surface area (TPSA) is 34.2 Å². The van der Waals surface area contributed by atoms with E-state index in [1.54, 1.807) is 6.20 Å². The maximum atomic E-state index is 5.86. The van der Waals surface area contributed by atoms with Crippen LogP contribution in [0.25, 0.3) is 0 Å². The number of ether oxygens (including phenoxy) is 1. The van der Waals surface area contributed by atoms with Crippen molar-refractivity contribution in [3.8, 4) is 5.75 Å². The Balaban J connectivity index is 2.19. The lowest BCUT2D eigenvalue weighted by Gasteiger charge is -2.07. The van der Waals surface area contributed by atoms with Crippen LogP contribution in [0.3, 0.4) is 0 Å². The van der Waals surface area contributed by atoms with Gasteiger partial charge in [-0.05, 0) is 12.8 Å². The number of hydrogen-bond donors (Lipinski definition) is 1. The third kappa shape index (κ3) is 2.04. The van der Waals surface area contributed by atoms with E-state index in [9.17, 15) is 0 Å². The predicted molar refractivity (Wildman–Crippen MR) is 52.4 cm³/mol. The zero-order chi connectivity index (χ0) is 9.26. The normalized spacial score (nSPS) is 15.5. The van der Waals surface area contributed by atoms with Gasteiger partial charge in [-0.2, -0.15) is 0 Å². The van der Waals surface area contributed by atoms with Crippen LogP contribution in [0.2, 0.25) is 5.15 Å². The van der Waals surface area contributed by atoms with Crippen molar-refractivity contribution in [1.29, 1.82) is 0 Å². The summed E-state index contributed by atoms with van der Waals surface area (Å²) in [5.74, 6) is 0.677. The smallest absolute Gasteiger partial charge is 0.171 e. The van der Waals surface area contributed by atoms with Crippen LogP contribution in [0.1, 0.15) is 12.8 Å². The van der Waals surface area contributed by atoms with Crippen molar-refractivity contribution in [2.24, 2.45) is 0 Å². The van der Waals surface area contributed by atoms with Crippen molar-refractivity contribution in [3.05, 3.63) is 17.4 Å². The second-order valence-electron chi connectivity index (χ2n) is 3.08. The minimum Gasteiger partial charge on any atom is -0.487 e. The van der Waals surface area contributed by atoms with Gasteiger partial charge in [0.05, 0.1) is 18.0 Å². The second kappa shape index (κ2) is 3.42. The number of nitrogens with zero attached hydrogens (tertiary/aromatic N) is 1. The summed E-state index contributed by atoms with van der Waals surface area (Å²) in [6, 6.07) is 1.87. The van der Waals surface area contributed by atoms with Gasteiger partial charge in [0.15, 0.2) is 10.9 Å². The molecule has 1 heterocycles. The highest BCUT2D eigenvalue weighted by Crippen LogP contribution is 2.32. The van der Waals surface area contributed by atoms with Gasteiger partial charge in [-0.25, -0.2) is 4.98 Å². The molecule has 0 amide bonds. The van der Waals surface area contributed by atoms with Crippen molar-refractivity contribution in [1.82, 2.24) is 4.98 Å². The monoisotopic (exact) mass is 198 g/mol. The summed E-state index contributed by atoms with van der Waals surface area (Å²) in [6.45, 7) is 0. The molecule has 70 valence electrons. The molecule has 1 aromatic heterocycles. The molecule has 1 aromatic rings. The average Bonchev–Trinajstić information content (AvgIpc) is 2.93. The number of halogens is 1. The van der Waals surface area contributed by atoms with Crippen molar-refractivity contribution < 1.29 is 4.74 Å².